The molecule has 0 spiro atoms. The molecule has 1 rings (SSSR count). The fourth-order valence-electron chi connectivity index (χ4n) is 1.69. The molecule has 1 aromatic rings. The molecule has 0 saturated carbocycles. The highest BCUT2D eigenvalue weighted by Gasteiger charge is 2.13. The van der Waals surface area contributed by atoms with Gasteiger partial charge in [0.1, 0.15) is 12.4 Å². The summed E-state index contributed by atoms with van der Waals surface area (Å²) in [4.78, 5) is 9.12. The van der Waals surface area contributed by atoms with E-state index in [1.807, 2.05) is 6.92 Å². The van der Waals surface area contributed by atoms with Crippen molar-refractivity contribution in [2.75, 3.05) is 18.5 Å². The normalized spacial score (nSPS) is 11.1. The number of ether oxygens (including phenoxy) is 1. The van der Waals surface area contributed by atoms with Crippen LogP contribution in [0.1, 0.15) is 45.6 Å². The predicted molar refractivity (Wildman–Crippen MR) is 82.4 cm³/mol. The molecule has 4 nitrogen and oxygen atoms in total. The second-order valence-electron chi connectivity index (χ2n) is 4.91. The lowest BCUT2D eigenvalue weighted by atomic mass is 10.1. The minimum Gasteiger partial charge on any atom is -0.374 e. The fraction of sp³-hybridized carbons (Fsp3) is 0.714. The molecule has 1 N–H and O–H groups in total. The minimum atomic E-state index is 0.468. The number of nitrogens with one attached hydrogen (secondary N) is 1. The van der Waals surface area contributed by atoms with Crippen LogP contribution in [0.15, 0.2) is 4.47 Å². The van der Waals surface area contributed by atoms with Gasteiger partial charge in [-0.1, -0.05) is 20.8 Å². The molecule has 1 heterocycles. The quantitative estimate of drug-likeness (QED) is 0.788. The van der Waals surface area contributed by atoms with E-state index in [9.17, 15) is 0 Å². The standard InChI is InChI=1S/C14H24BrN3O/c1-5-7-16-14-13(15)11(8-10(3)4)17-12(18-14)9-19-6-2/h10H,5-9H2,1-4H3,(H,16,17,18). The Labute approximate surface area is 124 Å². The first kappa shape index (κ1) is 16.4. The summed E-state index contributed by atoms with van der Waals surface area (Å²) in [5, 5.41) is 3.34. The summed E-state index contributed by atoms with van der Waals surface area (Å²) in [7, 11) is 0. The van der Waals surface area contributed by atoms with Crippen molar-refractivity contribution in [2.45, 2.75) is 47.1 Å². The van der Waals surface area contributed by atoms with Crippen LogP contribution in [0.3, 0.4) is 0 Å². The molecule has 0 atom stereocenters. The van der Waals surface area contributed by atoms with Crippen LogP contribution in [0.25, 0.3) is 0 Å². The Morgan fingerprint density at radius 2 is 2.00 bits per heavy atom. The molecule has 5 heteroatoms. The molecule has 0 bridgehead atoms. The van der Waals surface area contributed by atoms with E-state index < -0.39 is 0 Å². The summed E-state index contributed by atoms with van der Waals surface area (Å²) in [6, 6.07) is 0. The van der Waals surface area contributed by atoms with E-state index >= 15 is 0 Å². The van der Waals surface area contributed by atoms with E-state index in [2.05, 4.69) is 52.0 Å². The highest BCUT2D eigenvalue weighted by Crippen LogP contribution is 2.26. The fourth-order valence-corrected chi connectivity index (χ4v) is 2.16. The van der Waals surface area contributed by atoms with E-state index in [1.54, 1.807) is 0 Å². The zero-order valence-electron chi connectivity index (χ0n) is 12.3. The van der Waals surface area contributed by atoms with E-state index in [-0.39, 0.29) is 0 Å². The van der Waals surface area contributed by atoms with Crippen molar-refractivity contribution in [3.8, 4) is 0 Å². The van der Waals surface area contributed by atoms with Gasteiger partial charge < -0.3 is 10.1 Å². The summed E-state index contributed by atoms with van der Waals surface area (Å²) in [6.07, 6.45) is 2.00. The van der Waals surface area contributed by atoms with Crippen LogP contribution in [0.2, 0.25) is 0 Å². The number of aromatic nitrogens is 2. The Balaban J connectivity index is 2.99. The smallest absolute Gasteiger partial charge is 0.156 e. The molecule has 0 saturated heterocycles. The van der Waals surface area contributed by atoms with E-state index in [1.165, 1.54) is 0 Å². The molecule has 0 aromatic carbocycles. The van der Waals surface area contributed by atoms with Gasteiger partial charge in [-0.25, -0.2) is 9.97 Å². The number of rotatable bonds is 8. The van der Waals surface area contributed by atoms with Gasteiger partial charge in [-0.3, -0.25) is 0 Å². The third-order valence-electron chi connectivity index (χ3n) is 2.55. The molecule has 0 aliphatic carbocycles. The number of nitrogens with zero attached hydrogens (tertiary/aromatic N) is 2. The Kier molecular flexibility index (Phi) is 7.31. The van der Waals surface area contributed by atoms with Gasteiger partial charge in [0.2, 0.25) is 0 Å². The maximum atomic E-state index is 5.41. The van der Waals surface area contributed by atoms with Crippen LogP contribution in [-0.4, -0.2) is 23.1 Å². The maximum absolute atomic E-state index is 5.41. The molecule has 108 valence electrons. The van der Waals surface area contributed by atoms with Crippen molar-refractivity contribution in [3.63, 3.8) is 0 Å². The Hall–Kier alpha value is -0.680. The second-order valence-corrected chi connectivity index (χ2v) is 5.70. The molecular formula is C14H24BrN3O. The third-order valence-corrected chi connectivity index (χ3v) is 3.38. The van der Waals surface area contributed by atoms with Crippen LogP contribution in [0.4, 0.5) is 5.82 Å². The number of halogens is 1. The van der Waals surface area contributed by atoms with Crippen LogP contribution in [-0.2, 0) is 17.8 Å². The lowest BCUT2D eigenvalue weighted by molar-refractivity contribution is 0.128. The van der Waals surface area contributed by atoms with Crippen molar-refractivity contribution in [1.29, 1.82) is 0 Å². The van der Waals surface area contributed by atoms with Crippen LogP contribution < -0.4 is 5.32 Å². The van der Waals surface area contributed by atoms with Gasteiger partial charge in [0.15, 0.2) is 5.82 Å². The maximum Gasteiger partial charge on any atom is 0.156 e. The summed E-state index contributed by atoms with van der Waals surface area (Å²) in [5.41, 5.74) is 1.05. The van der Waals surface area contributed by atoms with E-state index in [0.29, 0.717) is 19.1 Å². The Morgan fingerprint density at radius 1 is 1.26 bits per heavy atom. The first-order valence-electron chi connectivity index (χ1n) is 6.95. The van der Waals surface area contributed by atoms with Crippen LogP contribution in [0.5, 0.6) is 0 Å². The van der Waals surface area contributed by atoms with Crippen LogP contribution >= 0.6 is 15.9 Å². The number of hydrogen-bond donors (Lipinski definition) is 1. The van der Waals surface area contributed by atoms with Crippen molar-refractivity contribution in [2.24, 2.45) is 5.92 Å². The van der Waals surface area contributed by atoms with Gasteiger partial charge in [0, 0.05) is 13.2 Å². The SMILES string of the molecule is CCCNc1nc(COCC)nc(CC(C)C)c1Br. The second kappa shape index (κ2) is 8.48. The van der Waals surface area contributed by atoms with Crippen LogP contribution in [0, 0.1) is 5.92 Å². The lowest BCUT2D eigenvalue weighted by Crippen LogP contribution is -2.11. The topological polar surface area (TPSA) is 47.0 Å². The summed E-state index contributed by atoms with van der Waals surface area (Å²) in [5.74, 6) is 2.19. The first-order chi connectivity index (χ1) is 9.08. The zero-order valence-corrected chi connectivity index (χ0v) is 13.9. The monoisotopic (exact) mass is 329 g/mol. The Bertz CT molecular complexity index is 397. The Morgan fingerprint density at radius 3 is 2.58 bits per heavy atom. The van der Waals surface area contributed by atoms with Gasteiger partial charge in [0.25, 0.3) is 0 Å². The molecule has 19 heavy (non-hydrogen) atoms. The minimum absolute atomic E-state index is 0.468. The first-order valence-corrected chi connectivity index (χ1v) is 7.74. The van der Waals surface area contributed by atoms with E-state index in [0.717, 1.165) is 41.2 Å². The molecular weight excluding hydrogens is 306 g/mol. The predicted octanol–water partition coefficient (Wildman–Crippen LogP) is 3.80. The molecule has 1 aromatic heterocycles. The molecule has 0 aliphatic rings. The average Bonchev–Trinajstić information content (AvgIpc) is 2.37. The molecule has 0 fully saturated rings. The lowest BCUT2D eigenvalue weighted by Gasteiger charge is -2.14. The summed E-state index contributed by atoms with van der Waals surface area (Å²) >= 11 is 3.61. The average molecular weight is 330 g/mol. The van der Waals surface area contributed by atoms with Gasteiger partial charge in [-0.15, -0.1) is 0 Å². The molecule has 0 unspecified atom stereocenters. The zero-order chi connectivity index (χ0) is 14.3. The highest BCUT2D eigenvalue weighted by atomic mass is 79.9. The molecule has 0 aliphatic heterocycles. The van der Waals surface area contributed by atoms with Crippen molar-refractivity contribution in [1.82, 2.24) is 9.97 Å². The van der Waals surface area contributed by atoms with Gasteiger partial charge in [-0.05, 0) is 41.6 Å². The van der Waals surface area contributed by atoms with Crippen molar-refractivity contribution < 1.29 is 4.74 Å². The van der Waals surface area contributed by atoms with Crippen molar-refractivity contribution >= 4 is 21.7 Å². The third kappa shape index (κ3) is 5.45. The summed E-state index contributed by atoms with van der Waals surface area (Å²) in [6.45, 7) is 10.5. The largest absolute Gasteiger partial charge is 0.374 e. The molecule has 0 amide bonds. The highest BCUT2D eigenvalue weighted by molar-refractivity contribution is 9.10. The van der Waals surface area contributed by atoms with Gasteiger partial charge in [-0.2, -0.15) is 0 Å². The van der Waals surface area contributed by atoms with Crippen molar-refractivity contribution in [3.05, 3.63) is 16.0 Å². The molecule has 0 radical (unpaired) electrons. The van der Waals surface area contributed by atoms with Gasteiger partial charge >= 0.3 is 0 Å². The number of anilines is 1. The number of hydrogen-bond acceptors (Lipinski definition) is 4. The van der Waals surface area contributed by atoms with E-state index in [4.69, 9.17) is 4.74 Å². The summed E-state index contributed by atoms with van der Waals surface area (Å²) < 4.78 is 6.39. The van der Waals surface area contributed by atoms with Gasteiger partial charge in [0.05, 0.1) is 10.2 Å².